The van der Waals surface area contributed by atoms with Gasteiger partial charge in [-0.1, -0.05) is 0 Å². The first-order valence-electron chi connectivity index (χ1n) is 9.54. The summed E-state index contributed by atoms with van der Waals surface area (Å²) < 4.78 is 37.9. The summed E-state index contributed by atoms with van der Waals surface area (Å²) in [7, 11) is -0.398. The minimum Gasteiger partial charge on any atom is -0.378 e. The molecule has 0 radical (unpaired) electrons. The molecule has 0 saturated carbocycles. The number of hydrogen-bond donors (Lipinski definition) is 0. The molecule has 2 aliphatic rings. The van der Waals surface area contributed by atoms with Gasteiger partial charge in [-0.3, -0.25) is 4.79 Å². The van der Waals surface area contributed by atoms with E-state index in [9.17, 15) is 13.2 Å². The number of benzene rings is 1. The van der Waals surface area contributed by atoms with E-state index in [0.29, 0.717) is 32.3 Å². The Bertz CT molecular complexity index is 1050. The van der Waals surface area contributed by atoms with Gasteiger partial charge < -0.3 is 14.4 Å². The number of carbonyl (C=O) groups is 1. The summed E-state index contributed by atoms with van der Waals surface area (Å²) >= 11 is 1.16. The van der Waals surface area contributed by atoms with Crippen molar-refractivity contribution >= 4 is 32.8 Å². The molecule has 7 nitrogen and oxygen atoms in total. The predicted octanol–water partition coefficient (Wildman–Crippen LogP) is 2.93. The van der Waals surface area contributed by atoms with Crippen LogP contribution in [0.5, 0.6) is 0 Å². The Morgan fingerprint density at radius 3 is 2.86 bits per heavy atom. The highest BCUT2D eigenvalue weighted by molar-refractivity contribution is 7.93. The second-order valence-electron chi connectivity index (χ2n) is 7.57. The highest BCUT2D eigenvalue weighted by Crippen LogP contribution is 2.42. The van der Waals surface area contributed by atoms with Crippen LogP contribution in [0.1, 0.15) is 36.6 Å². The van der Waals surface area contributed by atoms with Crippen molar-refractivity contribution in [2.75, 3.05) is 25.7 Å². The molecule has 1 aromatic heterocycles. The highest BCUT2D eigenvalue weighted by atomic mass is 32.2. The molecule has 1 fully saturated rings. The van der Waals surface area contributed by atoms with Crippen molar-refractivity contribution < 1.29 is 22.7 Å². The largest absolute Gasteiger partial charge is 0.378 e. The number of rotatable bonds is 4. The maximum atomic E-state index is 13.2. The van der Waals surface area contributed by atoms with Gasteiger partial charge in [-0.15, -0.1) is 11.3 Å². The number of sulfone groups is 1. The van der Waals surface area contributed by atoms with Crippen LogP contribution in [0.4, 0.5) is 5.69 Å². The van der Waals surface area contributed by atoms with Gasteiger partial charge >= 0.3 is 0 Å². The third kappa shape index (κ3) is 3.50. The van der Waals surface area contributed by atoms with E-state index in [4.69, 9.17) is 9.47 Å². The molecule has 1 amide bonds. The van der Waals surface area contributed by atoms with E-state index in [2.05, 4.69) is 4.98 Å². The second-order valence-corrected chi connectivity index (χ2v) is 10.7. The zero-order valence-electron chi connectivity index (χ0n) is 16.7. The van der Waals surface area contributed by atoms with Crippen LogP contribution >= 0.6 is 11.3 Å². The van der Waals surface area contributed by atoms with E-state index in [1.807, 2.05) is 6.92 Å². The fraction of sp³-hybridized carbons (Fsp3) is 0.500. The van der Waals surface area contributed by atoms with Crippen molar-refractivity contribution in [2.45, 2.75) is 53.5 Å². The lowest BCUT2D eigenvalue weighted by Crippen LogP contribution is -2.38. The number of methoxy groups -OCH3 is 1. The number of amides is 1. The number of thiazole rings is 1. The molecule has 2 aliphatic heterocycles. The first-order chi connectivity index (χ1) is 13.8. The number of hydrogen-bond acceptors (Lipinski definition) is 7. The van der Waals surface area contributed by atoms with Crippen LogP contribution in [-0.2, 0) is 36.1 Å². The zero-order chi connectivity index (χ0) is 20.8. The lowest BCUT2D eigenvalue weighted by molar-refractivity contribution is -0.120. The van der Waals surface area contributed by atoms with Crippen LogP contribution in [-0.4, -0.2) is 46.2 Å². The molecular weight excluding hydrogens is 412 g/mol. The Kier molecular flexibility index (Phi) is 5.27. The first kappa shape index (κ1) is 20.5. The van der Waals surface area contributed by atoms with Gasteiger partial charge in [0, 0.05) is 45.3 Å². The SMILES string of the molecule is COC1(c2cnc(S(=O)(=O)c3ccc4c(c3)CCC(=O)N4C)s2)CCO[C@H](C)C1. The van der Waals surface area contributed by atoms with Crippen molar-refractivity contribution in [1.82, 2.24) is 4.98 Å². The fourth-order valence-corrected chi connectivity index (χ4v) is 6.84. The second kappa shape index (κ2) is 7.46. The summed E-state index contributed by atoms with van der Waals surface area (Å²) in [6.45, 7) is 2.55. The van der Waals surface area contributed by atoms with Crippen LogP contribution in [0, 0.1) is 0 Å². The van der Waals surface area contributed by atoms with Gasteiger partial charge in [-0.25, -0.2) is 13.4 Å². The molecule has 1 saturated heterocycles. The summed E-state index contributed by atoms with van der Waals surface area (Å²) in [6.07, 6.45) is 3.88. The number of anilines is 1. The molecule has 4 rings (SSSR count). The number of aryl methyl sites for hydroxylation is 1. The molecule has 3 heterocycles. The van der Waals surface area contributed by atoms with Gasteiger partial charge in [-0.2, -0.15) is 0 Å². The van der Waals surface area contributed by atoms with Crippen molar-refractivity contribution in [3.05, 3.63) is 34.8 Å². The predicted molar refractivity (Wildman–Crippen MR) is 109 cm³/mol. The maximum absolute atomic E-state index is 13.2. The topological polar surface area (TPSA) is 85.8 Å². The van der Waals surface area contributed by atoms with Crippen molar-refractivity contribution in [3.63, 3.8) is 0 Å². The minimum atomic E-state index is -3.75. The number of nitrogens with zero attached hydrogens (tertiary/aromatic N) is 2. The Balaban J connectivity index is 1.68. The average molecular weight is 437 g/mol. The van der Waals surface area contributed by atoms with E-state index < -0.39 is 15.4 Å². The Morgan fingerprint density at radius 1 is 1.34 bits per heavy atom. The third-order valence-corrected chi connectivity index (χ3v) is 9.11. The van der Waals surface area contributed by atoms with Gasteiger partial charge in [-0.05, 0) is 37.1 Å². The summed E-state index contributed by atoms with van der Waals surface area (Å²) in [4.78, 5) is 18.7. The molecule has 1 aromatic carbocycles. The van der Waals surface area contributed by atoms with Gasteiger partial charge in [0.15, 0.2) is 0 Å². The molecule has 0 bridgehead atoms. The van der Waals surface area contributed by atoms with Gasteiger partial charge in [0.05, 0.1) is 22.5 Å². The molecule has 9 heteroatoms. The van der Waals surface area contributed by atoms with Crippen LogP contribution in [0.15, 0.2) is 33.6 Å². The van der Waals surface area contributed by atoms with E-state index >= 15 is 0 Å². The molecular formula is C20H24N2O5S2. The molecule has 0 aliphatic carbocycles. The molecule has 2 aromatic rings. The minimum absolute atomic E-state index is 0.0335. The van der Waals surface area contributed by atoms with Gasteiger partial charge in [0.2, 0.25) is 20.1 Å². The van der Waals surface area contributed by atoms with Crippen LogP contribution in [0.25, 0.3) is 0 Å². The van der Waals surface area contributed by atoms with E-state index in [1.54, 1.807) is 43.5 Å². The smallest absolute Gasteiger partial charge is 0.233 e. The number of fused-ring (bicyclic) bond motifs is 1. The maximum Gasteiger partial charge on any atom is 0.233 e. The summed E-state index contributed by atoms with van der Waals surface area (Å²) in [5.74, 6) is 0.0354. The van der Waals surface area contributed by atoms with Gasteiger partial charge in [0.25, 0.3) is 0 Å². The Morgan fingerprint density at radius 2 is 2.14 bits per heavy atom. The molecule has 0 spiro atoms. The lowest BCUT2D eigenvalue weighted by atomic mass is 9.89. The van der Waals surface area contributed by atoms with Crippen LogP contribution < -0.4 is 4.90 Å². The van der Waals surface area contributed by atoms with E-state index in [0.717, 1.165) is 27.5 Å². The normalized spacial score (nSPS) is 25.1. The zero-order valence-corrected chi connectivity index (χ0v) is 18.3. The summed E-state index contributed by atoms with van der Waals surface area (Å²) in [6, 6.07) is 4.91. The van der Waals surface area contributed by atoms with Crippen LogP contribution in [0.2, 0.25) is 0 Å². The average Bonchev–Trinajstić information content (AvgIpc) is 3.22. The van der Waals surface area contributed by atoms with E-state index in [1.165, 1.54) is 0 Å². The van der Waals surface area contributed by atoms with Crippen molar-refractivity contribution in [3.8, 4) is 0 Å². The molecule has 0 N–H and O–H groups in total. The fourth-order valence-electron chi connectivity index (χ4n) is 4.05. The van der Waals surface area contributed by atoms with Gasteiger partial charge in [0.1, 0.15) is 5.60 Å². The number of ether oxygens (including phenoxy) is 2. The number of aromatic nitrogens is 1. The molecule has 156 valence electrons. The van der Waals surface area contributed by atoms with Crippen molar-refractivity contribution in [2.24, 2.45) is 0 Å². The molecule has 29 heavy (non-hydrogen) atoms. The Labute approximate surface area is 174 Å². The van der Waals surface area contributed by atoms with Crippen molar-refractivity contribution in [1.29, 1.82) is 0 Å². The first-order valence-corrected chi connectivity index (χ1v) is 11.8. The van der Waals surface area contributed by atoms with Crippen LogP contribution in [0.3, 0.4) is 0 Å². The molecule has 2 atom stereocenters. The third-order valence-electron chi connectivity index (χ3n) is 5.78. The lowest BCUT2D eigenvalue weighted by Gasteiger charge is -2.37. The molecule has 1 unspecified atom stereocenters. The monoisotopic (exact) mass is 436 g/mol. The standard InChI is InChI=1S/C20H24N2O5S2/c1-13-11-20(26-3,8-9-27-13)17-12-21-19(28-17)29(24,25)15-5-6-16-14(10-15)4-7-18(23)22(16)2/h5-6,10,12-13H,4,7-9,11H2,1-3H3/t13-,20?/m1/s1. The highest BCUT2D eigenvalue weighted by Gasteiger charge is 2.40. The number of carbonyl (C=O) groups excluding carboxylic acids is 1. The summed E-state index contributed by atoms with van der Waals surface area (Å²) in [5.41, 5.74) is 1.05. The Hall–Kier alpha value is -1.81. The summed E-state index contributed by atoms with van der Waals surface area (Å²) in [5, 5.41) is 0. The quantitative estimate of drug-likeness (QED) is 0.733. The van der Waals surface area contributed by atoms with E-state index in [-0.39, 0.29) is 21.2 Å².